The minimum Gasteiger partial charge on any atom is -0.482 e. The molecular formula is C22H19ClN4O6. The lowest BCUT2D eigenvalue weighted by Crippen LogP contribution is -2.37. The van der Waals surface area contributed by atoms with Gasteiger partial charge in [0.25, 0.3) is 17.5 Å². The highest BCUT2D eigenvalue weighted by Gasteiger charge is 2.12. The fourth-order valence-corrected chi connectivity index (χ4v) is 2.94. The molecule has 0 atom stereocenters. The zero-order chi connectivity index (χ0) is 23.8. The first-order valence-electron chi connectivity index (χ1n) is 9.64. The Morgan fingerprint density at radius 1 is 1.18 bits per heavy atom. The first kappa shape index (κ1) is 23.5. The number of non-ortho nitro benzene ring substituents is 1. The Kier molecular flexibility index (Phi) is 7.77. The number of nitro groups is 1. The van der Waals surface area contributed by atoms with Gasteiger partial charge in [0.05, 0.1) is 22.7 Å². The molecule has 0 fully saturated rings. The van der Waals surface area contributed by atoms with Crippen molar-refractivity contribution >= 4 is 35.3 Å². The average molecular weight is 471 g/mol. The molecular weight excluding hydrogens is 452 g/mol. The number of nitro benzene ring substituents is 1. The van der Waals surface area contributed by atoms with Gasteiger partial charge in [0.1, 0.15) is 17.3 Å². The standard InChI is InChI=1S/C22H19ClN4O6/c1-14-10-15(27(30)31)6-8-17(14)19-9-7-16(33-19)11-25-26-21(28)12-24-22(29)13-32-20-5-3-2-4-18(20)23/h2-11H,12-13H2,1H3,(H,24,29)(H,26,28)/b25-11-. The number of furan rings is 1. The van der Waals surface area contributed by atoms with E-state index in [9.17, 15) is 19.7 Å². The van der Waals surface area contributed by atoms with Gasteiger partial charge in [-0.05, 0) is 42.8 Å². The van der Waals surface area contributed by atoms with Crippen LogP contribution in [0.3, 0.4) is 0 Å². The van der Waals surface area contributed by atoms with E-state index in [2.05, 4.69) is 15.8 Å². The van der Waals surface area contributed by atoms with Crippen LogP contribution >= 0.6 is 11.6 Å². The van der Waals surface area contributed by atoms with Crippen LogP contribution in [0.5, 0.6) is 5.75 Å². The summed E-state index contributed by atoms with van der Waals surface area (Å²) in [5, 5.41) is 17.4. The molecule has 0 spiro atoms. The molecule has 0 aliphatic carbocycles. The van der Waals surface area contributed by atoms with E-state index in [1.165, 1.54) is 18.3 Å². The van der Waals surface area contributed by atoms with E-state index >= 15 is 0 Å². The van der Waals surface area contributed by atoms with E-state index in [1.807, 2.05) is 0 Å². The van der Waals surface area contributed by atoms with Crippen LogP contribution in [0.2, 0.25) is 5.02 Å². The molecule has 33 heavy (non-hydrogen) atoms. The molecule has 2 N–H and O–H groups in total. The molecule has 0 aliphatic heterocycles. The predicted octanol–water partition coefficient (Wildman–Crippen LogP) is 3.46. The van der Waals surface area contributed by atoms with Crippen LogP contribution in [-0.4, -0.2) is 36.1 Å². The van der Waals surface area contributed by atoms with Crippen molar-refractivity contribution in [2.75, 3.05) is 13.2 Å². The number of hydrogen-bond acceptors (Lipinski definition) is 7. The SMILES string of the molecule is Cc1cc([N+](=O)[O-])ccc1-c1ccc(/C=N\NC(=O)CNC(=O)COc2ccccc2Cl)o1. The van der Waals surface area contributed by atoms with Crippen molar-refractivity contribution < 1.29 is 23.7 Å². The van der Waals surface area contributed by atoms with Crippen molar-refractivity contribution in [2.24, 2.45) is 5.10 Å². The molecule has 2 amide bonds. The Labute approximate surface area is 193 Å². The predicted molar refractivity (Wildman–Crippen MR) is 121 cm³/mol. The zero-order valence-corrected chi connectivity index (χ0v) is 18.2. The van der Waals surface area contributed by atoms with Crippen LogP contribution in [0.1, 0.15) is 11.3 Å². The van der Waals surface area contributed by atoms with Gasteiger partial charge in [0.15, 0.2) is 6.61 Å². The van der Waals surface area contributed by atoms with Crippen LogP contribution in [0, 0.1) is 17.0 Å². The molecule has 1 heterocycles. The van der Waals surface area contributed by atoms with Gasteiger partial charge < -0.3 is 14.5 Å². The van der Waals surface area contributed by atoms with Crippen molar-refractivity contribution in [3.63, 3.8) is 0 Å². The molecule has 10 nitrogen and oxygen atoms in total. The second-order valence-electron chi connectivity index (χ2n) is 6.75. The summed E-state index contributed by atoms with van der Waals surface area (Å²) in [6, 6.07) is 14.5. The number of ether oxygens (including phenoxy) is 1. The average Bonchev–Trinajstić information content (AvgIpc) is 3.25. The minimum absolute atomic E-state index is 0.00479. The Morgan fingerprint density at radius 3 is 2.70 bits per heavy atom. The zero-order valence-electron chi connectivity index (χ0n) is 17.4. The molecule has 0 saturated carbocycles. The number of hydrogen-bond donors (Lipinski definition) is 2. The number of hydrazone groups is 1. The molecule has 1 aromatic heterocycles. The minimum atomic E-state index is -0.546. The van der Waals surface area contributed by atoms with Crippen LogP contribution in [-0.2, 0) is 9.59 Å². The molecule has 3 rings (SSSR count). The van der Waals surface area contributed by atoms with Crippen LogP contribution < -0.4 is 15.5 Å². The fraction of sp³-hybridized carbons (Fsp3) is 0.136. The third-order valence-electron chi connectivity index (χ3n) is 4.34. The first-order valence-corrected chi connectivity index (χ1v) is 10.0. The first-order chi connectivity index (χ1) is 15.8. The molecule has 0 saturated heterocycles. The number of benzene rings is 2. The number of amides is 2. The number of halogens is 1. The fourth-order valence-electron chi connectivity index (χ4n) is 2.75. The second-order valence-corrected chi connectivity index (χ2v) is 7.15. The van der Waals surface area contributed by atoms with Crippen molar-refractivity contribution in [1.29, 1.82) is 0 Å². The highest BCUT2D eigenvalue weighted by Crippen LogP contribution is 2.28. The number of carbonyl (C=O) groups is 2. The summed E-state index contributed by atoms with van der Waals surface area (Å²) >= 11 is 5.94. The summed E-state index contributed by atoms with van der Waals surface area (Å²) in [5.74, 6) is 0.185. The van der Waals surface area contributed by atoms with Crippen molar-refractivity contribution in [2.45, 2.75) is 6.92 Å². The van der Waals surface area contributed by atoms with Gasteiger partial charge in [-0.15, -0.1) is 0 Å². The van der Waals surface area contributed by atoms with Crippen LogP contribution in [0.4, 0.5) is 5.69 Å². The van der Waals surface area contributed by atoms with E-state index in [4.69, 9.17) is 20.8 Å². The Morgan fingerprint density at radius 2 is 1.97 bits per heavy atom. The lowest BCUT2D eigenvalue weighted by atomic mass is 10.1. The molecule has 2 aromatic carbocycles. The summed E-state index contributed by atoms with van der Waals surface area (Å²) in [5.41, 5.74) is 3.65. The highest BCUT2D eigenvalue weighted by atomic mass is 35.5. The monoisotopic (exact) mass is 470 g/mol. The lowest BCUT2D eigenvalue weighted by molar-refractivity contribution is -0.384. The number of nitrogens with zero attached hydrogens (tertiary/aromatic N) is 2. The Balaban J connectivity index is 1.45. The second kappa shape index (κ2) is 10.9. The third kappa shape index (κ3) is 6.65. The number of carbonyl (C=O) groups excluding carboxylic acids is 2. The van der Waals surface area contributed by atoms with E-state index in [1.54, 1.807) is 49.4 Å². The van der Waals surface area contributed by atoms with E-state index in [-0.39, 0.29) is 18.8 Å². The number of nitrogens with one attached hydrogen (secondary N) is 2. The highest BCUT2D eigenvalue weighted by molar-refractivity contribution is 6.32. The van der Waals surface area contributed by atoms with Gasteiger partial charge in [-0.25, -0.2) is 5.43 Å². The summed E-state index contributed by atoms with van der Waals surface area (Å²) in [7, 11) is 0. The number of rotatable bonds is 9. The molecule has 11 heteroatoms. The van der Waals surface area contributed by atoms with Crippen molar-refractivity contribution in [1.82, 2.24) is 10.7 Å². The maximum Gasteiger partial charge on any atom is 0.269 e. The van der Waals surface area contributed by atoms with Gasteiger partial charge in [0.2, 0.25) is 0 Å². The summed E-state index contributed by atoms with van der Waals surface area (Å²) < 4.78 is 10.9. The molecule has 170 valence electrons. The topological polar surface area (TPSA) is 136 Å². The molecule has 0 aliphatic rings. The molecule has 0 bridgehead atoms. The Bertz CT molecular complexity index is 1210. The maximum atomic E-state index is 11.8. The van der Waals surface area contributed by atoms with Crippen LogP contribution in [0.25, 0.3) is 11.3 Å². The normalized spacial score (nSPS) is 10.7. The largest absolute Gasteiger partial charge is 0.482 e. The summed E-state index contributed by atoms with van der Waals surface area (Å²) in [6.45, 7) is 1.15. The summed E-state index contributed by atoms with van der Waals surface area (Å²) in [6.07, 6.45) is 1.30. The summed E-state index contributed by atoms with van der Waals surface area (Å²) in [4.78, 5) is 34.0. The van der Waals surface area contributed by atoms with Gasteiger partial charge >= 0.3 is 0 Å². The molecule has 0 unspecified atom stereocenters. The van der Waals surface area contributed by atoms with Crippen molar-refractivity contribution in [3.05, 3.63) is 81.1 Å². The number of aryl methyl sites for hydroxylation is 1. The smallest absolute Gasteiger partial charge is 0.269 e. The van der Waals surface area contributed by atoms with Gasteiger partial charge in [-0.1, -0.05) is 23.7 Å². The van der Waals surface area contributed by atoms with Gasteiger partial charge in [-0.2, -0.15) is 5.10 Å². The van der Waals surface area contributed by atoms with Gasteiger partial charge in [0, 0.05) is 17.7 Å². The molecule has 3 aromatic rings. The lowest BCUT2D eigenvalue weighted by Gasteiger charge is -2.08. The third-order valence-corrected chi connectivity index (χ3v) is 4.65. The number of para-hydroxylation sites is 1. The Hall–Kier alpha value is -4.18. The van der Waals surface area contributed by atoms with Crippen molar-refractivity contribution in [3.8, 4) is 17.1 Å². The quantitative estimate of drug-likeness (QED) is 0.279. The van der Waals surface area contributed by atoms with E-state index in [0.29, 0.717) is 33.4 Å². The molecule has 0 radical (unpaired) electrons. The van der Waals surface area contributed by atoms with E-state index in [0.717, 1.165) is 0 Å². The maximum absolute atomic E-state index is 11.8. The van der Waals surface area contributed by atoms with Gasteiger partial charge in [-0.3, -0.25) is 19.7 Å². The van der Waals surface area contributed by atoms with E-state index < -0.39 is 16.7 Å². The van der Waals surface area contributed by atoms with Crippen LogP contribution in [0.15, 0.2) is 64.1 Å².